The lowest BCUT2D eigenvalue weighted by molar-refractivity contribution is -0.115. The number of nitrogens with one attached hydrogen (secondary N) is 3. The summed E-state index contributed by atoms with van der Waals surface area (Å²) in [7, 11) is 0. The van der Waals surface area contributed by atoms with Gasteiger partial charge in [0.15, 0.2) is 0 Å². The molecular formula is C20H25N3O4. The zero-order valence-corrected chi connectivity index (χ0v) is 15.6. The van der Waals surface area contributed by atoms with Gasteiger partial charge in [-0.15, -0.1) is 0 Å². The van der Waals surface area contributed by atoms with Crippen LogP contribution in [-0.4, -0.2) is 38.2 Å². The van der Waals surface area contributed by atoms with Crippen LogP contribution in [0.2, 0.25) is 0 Å². The second-order valence-electron chi connectivity index (χ2n) is 5.73. The molecule has 144 valence electrons. The number of hydrogen-bond donors (Lipinski definition) is 3. The molecule has 0 fully saturated rings. The van der Waals surface area contributed by atoms with Crippen molar-refractivity contribution in [2.45, 2.75) is 13.8 Å². The molecule has 0 spiro atoms. The van der Waals surface area contributed by atoms with Gasteiger partial charge in [0.05, 0.1) is 13.2 Å². The van der Waals surface area contributed by atoms with Gasteiger partial charge in [-0.2, -0.15) is 0 Å². The first-order valence-corrected chi connectivity index (χ1v) is 8.79. The molecule has 0 unspecified atom stereocenters. The van der Waals surface area contributed by atoms with E-state index in [2.05, 4.69) is 16.0 Å². The number of rotatable bonds is 10. The fourth-order valence-electron chi connectivity index (χ4n) is 2.30. The molecule has 7 heteroatoms. The summed E-state index contributed by atoms with van der Waals surface area (Å²) in [4.78, 5) is 23.2. The molecular weight excluding hydrogens is 346 g/mol. The molecule has 0 aliphatic rings. The van der Waals surface area contributed by atoms with Crippen LogP contribution < -0.4 is 20.7 Å². The Morgan fingerprint density at radius 3 is 2.30 bits per heavy atom. The Hall–Kier alpha value is -3.06. The van der Waals surface area contributed by atoms with Gasteiger partial charge in [-0.25, -0.2) is 0 Å². The minimum atomic E-state index is -0.188. The highest BCUT2D eigenvalue weighted by Crippen LogP contribution is 2.17. The van der Waals surface area contributed by atoms with E-state index in [1.54, 1.807) is 24.3 Å². The molecule has 7 nitrogen and oxygen atoms in total. The summed E-state index contributed by atoms with van der Waals surface area (Å²) in [5.74, 6) is 0.400. The monoisotopic (exact) mass is 371 g/mol. The number of carbonyl (C=O) groups is 2. The van der Waals surface area contributed by atoms with E-state index in [0.29, 0.717) is 31.2 Å². The Kier molecular flexibility index (Phi) is 8.12. The van der Waals surface area contributed by atoms with E-state index < -0.39 is 0 Å². The van der Waals surface area contributed by atoms with Crippen LogP contribution >= 0.6 is 0 Å². The highest BCUT2D eigenvalue weighted by molar-refractivity contribution is 5.95. The van der Waals surface area contributed by atoms with Crippen molar-refractivity contribution in [1.29, 1.82) is 0 Å². The summed E-state index contributed by atoms with van der Waals surface area (Å²) >= 11 is 0. The van der Waals surface area contributed by atoms with Crippen LogP contribution in [0.15, 0.2) is 48.5 Å². The molecule has 0 atom stereocenters. The smallest absolute Gasteiger partial charge is 0.243 e. The van der Waals surface area contributed by atoms with Gasteiger partial charge in [-0.1, -0.05) is 6.07 Å². The molecule has 3 N–H and O–H groups in total. The Bertz CT molecular complexity index is 747. The predicted molar refractivity (Wildman–Crippen MR) is 106 cm³/mol. The normalized spacial score (nSPS) is 10.1. The van der Waals surface area contributed by atoms with Crippen molar-refractivity contribution in [1.82, 2.24) is 0 Å². The molecule has 0 bridgehead atoms. The predicted octanol–water partition coefficient (Wildman–Crippen LogP) is 3.11. The minimum absolute atomic E-state index is 0.120. The maximum atomic E-state index is 12.1. The van der Waals surface area contributed by atoms with Gasteiger partial charge in [0.2, 0.25) is 11.8 Å². The van der Waals surface area contributed by atoms with Crippen LogP contribution in [0.1, 0.15) is 13.8 Å². The van der Waals surface area contributed by atoms with Gasteiger partial charge in [-0.3, -0.25) is 9.59 Å². The topological polar surface area (TPSA) is 88.7 Å². The average Bonchev–Trinajstić information content (AvgIpc) is 2.64. The van der Waals surface area contributed by atoms with Crippen molar-refractivity contribution < 1.29 is 19.1 Å². The fourth-order valence-corrected chi connectivity index (χ4v) is 2.30. The Labute approximate surface area is 159 Å². The van der Waals surface area contributed by atoms with E-state index in [4.69, 9.17) is 9.47 Å². The minimum Gasteiger partial charge on any atom is -0.491 e. The van der Waals surface area contributed by atoms with Crippen molar-refractivity contribution in [2.24, 2.45) is 0 Å². The van der Waals surface area contributed by atoms with Crippen LogP contribution in [0.25, 0.3) is 0 Å². The number of amides is 2. The zero-order chi connectivity index (χ0) is 19.5. The van der Waals surface area contributed by atoms with Crippen molar-refractivity contribution in [3.05, 3.63) is 48.5 Å². The summed E-state index contributed by atoms with van der Waals surface area (Å²) in [5.41, 5.74) is 2.06. The number of anilines is 3. The highest BCUT2D eigenvalue weighted by atomic mass is 16.5. The van der Waals surface area contributed by atoms with Crippen LogP contribution in [0.4, 0.5) is 17.1 Å². The van der Waals surface area contributed by atoms with Crippen LogP contribution in [0.5, 0.6) is 5.75 Å². The van der Waals surface area contributed by atoms with Crippen molar-refractivity contribution in [3.63, 3.8) is 0 Å². The van der Waals surface area contributed by atoms with Gasteiger partial charge in [0, 0.05) is 30.6 Å². The van der Waals surface area contributed by atoms with E-state index in [1.807, 2.05) is 31.2 Å². The Morgan fingerprint density at radius 1 is 0.926 bits per heavy atom. The zero-order valence-electron chi connectivity index (χ0n) is 15.6. The third-order valence-corrected chi connectivity index (χ3v) is 3.47. The summed E-state index contributed by atoms with van der Waals surface area (Å²) < 4.78 is 10.8. The number of benzene rings is 2. The number of carbonyl (C=O) groups excluding carboxylic acids is 2. The molecule has 0 saturated heterocycles. The fraction of sp³-hybridized carbons (Fsp3) is 0.300. The highest BCUT2D eigenvalue weighted by Gasteiger charge is 2.04. The first-order chi connectivity index (χ1) is 13.1. The quantitative estimate of drug-likeness (QED) is 0.559. The van der Waals surface area contributed by atoms with E-state index in [1.165, 1.54) is 6.92 Å². The molecule has 2 aromatic rings. The van der Waals surface area contributed by atoms with Gasteiger partial charge in [0.1, 0.15) is 12.4 Å². The second kappa shape index (κ2) is 10.8. The first kappa shape index (κ1) is 20.3. The molecule has 2 rings (SSSR count). The molecule has 0 heterocycles. The van der Waals surface area contributed by atoms with E-state index in [0.717, 1.165) is 11.4 Å². The standard InChI is InChI=1S/C20H25N3O4/c1-3-26-11-12-27-19-9-7-16(8-10-19)21-14-20(25)23-18-6-4-5-17(13-18)22-15(2)24/h4-10,13,21H,3,11-12,14H2,1-2H3,(H,22,24)(H,23,25). The molecule has 0 radical (unpaired) electrons. The SMILES string of the molecule is CCOCCOc1ccc(NCC(=O)Nc2cccc(NC(C)=O)c2)cc1. The van der Waals surface area contributed by atoms with Crippen LogP contribution in [0.3, 0.4) is 0 Å². The number of ether oxygens (including phenoxy) is 2. The largest absolute Gasteiger partial charge is 0.491 e. The summed E-state index contributed by atoms with van der Waals surface area (Å²) in [6.45, 7) is 5.22. The molecule has 0 saturated carbocycles. The average molecular weight is 371 g/mol. The lowest BCUT2D eigenvalue weighted by Gasteiger charge is -2.10. The van der Waals surface area contributed by atoms with Gasteiger partial charge < -0.3 is 25.4 Å². The summed E-state index contributed by atoms with van der Waals surface area (Å²) in [6.07, 6.45) is 0. The molecule has 27 heavy (non-hydrogen) atoms. The maximum Gasteiger partial charge on any atom is 0.243 e. The second-order valence-corrected chi connectivity index (χ2v) is 5.73. The van der Waals surface area contributed by atoms with Crippen molar-refractivity contribution in [2.75, 3.05) is 42.3 Å². The Morgan fingerprint density at radius 2 is 1.63 bits per heavy atom. The molecule has 2 aromatic carbocycles. The van der Waals surface area contributed by atoms with Gasteiger partial charge >= 0.3 is 0 Å². The van der Waals surface area contributed by atoms with E-state index in [-0.39, 0.29) is 18.4 Å². The number of hydrogen-bond acceptors (Lipinski definition) is 5. The molecule has 0 aromatic heterocycles. The van der Waals surface area contributed by atoms with E-state index in [9.17, 15) is 9.59 Å². The van der Waals surface area contributed by atoms with E-state index >= 15 is 0 Å². The lowest BCUT2D eigenvalue weighted by Crippen LogP contribution is -2.21. The Balaban J connectivity index is 1.77. The summed E-state index contributed by atoms with van der Waals surface area (Å²) in [6, 6.07) is 14.4. The van der Waals surface area contributed by atoms with Crippen molar-refractivity contribution >= 4 is 28.9 Å². The molecule has 0 aliphatic heterocycles. The van der Waals surface area contributed by atoms with Gasteiger partial charge in [0.25, 0.3) is 0 Å². The van der Waals surface area contributed by atoms with Crippen LogP contribution in [0, 0.1) is 0 Å². The maximum absolute atomic E-state index is 12.1. The van der Waals surface area contributed by atoms with Gasteiger partial charge in [-0.05, 0) is 49.4 Å². The first-order valence-electron chi connectivity index (χ1n) is 8.79. The third-order valence-electron chi connectivity index (χ3n) is 3.47. The molecule has 0 aliphatic carbocycles. The van der Waals surface area contributed by atoms with Crippen LogP contribution in [-0.2, 0) is 14.3 Å². The molecule has 2 amide bonds. The summed E-state index contributed by atoms with van der Waals surface area (Å²) in [5, 5.41) is 8.52. The van der Waals surface area contributed by atoms with Crippen molar-refractivity contribution in [3.8, 4) is 5.75 Å². The third kappa shape index (κ3) is 7.79. The lowest BCUT2D eigenvalue weighted by atomic mass is 10.2.